The molecule has 7 heteroatoms. The van der Waals surface area contributed by atoms with Gasteiger partial charge in [-0.1, -0.05) is 66.4 Å². The van der Waals surface area contributed by atoms with E-state index in [0.717, 1.165) is 33.3 Å². The summed E-state index contributed by atoms with van der Waals surface area (Å²) in [4.78, 5) is 12.4. The summed E-state index contributed by atoms with van der Waals surface area (Å²) in [7, 11) is 0. The zero-order chi connectivity index (χ0) is 18.5. The molecule has 134 valence electrons. The van der Waals surface area contributed by atoms with Crippen molar-refractivity contribution in [2.24, 2.45) is 0 Å². The van der Waals surface area contributed by atoms with Crippen LogP contribution in [0.25, 0.3) is 5.69 Å². The SMILES string of the molecule is CCc1cccc(C)c1NC(=O)CSc1nn(-c2ccccc2)c(=S)s1. The molecule has 3 aromatic rings. The quantitative estimate of drug-likeness (QED) is 0.452. The normalized spacial score (nSPS) is 10.7. The Hall–Kier alpha value is -1.96. The van der Waals surface area contributed by atoms with Gasteiger partial charge in [0.05, 0.1) is 11.4 Å². The first-order valence-electron chi connectivity index (χ1n) is 8.25. The van der Waals surface area contributed by atoms with Crippen LogP contribution in [0, 0.1) is 10.9 Å². The fraction of sp³-hybridized carbons (Fsp3) is 0.211. The van der Waals surface area contributed by atoms with E-state index < -0.39 is 0 Å². The number of nitrogens with zero attached hydrogens (tertiary/aromatic N) is 2. The Kier molecular flexibility index (Phi) is 6.24. The van der Waals surface area contributed by atoms with Crippen LogP contribution >= 0.6 is 35.3 Å². The standard InChI is InChI=1S/C19H19N3OS3/c1-3-14-9-7-8-13(2)17(14)20-16(23)12-25-18-21-22(19(24)26-18)15-10-5-4-6-11-15/h4-11H,3,12H2,1-2H3,(H,20,23). The summed E-state index contributed by atoms with van der Waals surface area (Å²) in [5.41, 5.74) is 4.07. The first-order valence-corrected chi connectivity index (χ1v) is 10.5. The lowest BCUT2D eigenvalue weighted by molar-refractivity contribution is -0.113. The lowest BCUT2D eigenvalue weighted by Gasteiger charge is -2.12. The van der Waals surface area contributed by atoms with Crippen LogP contribution in [0.2, 0.25) is 0 Å². The van der Waals surface area contributed by atoms with Gasteiger partial charge in [0.15, 0.2) is 8.29 Å². The van der Waals surface area contributed by atoms with Gasteiger partial charge in [-0.25, -0.2) is 4.68 Å². The maximum atomic E-state index is 12.4. The lowest BCUT2D eigenvalue weighted by Crippen LogP contribution is -2.16. The number of carbonyl (C=O) groups excluding carboxylic acids is 1. The highest BCUT2D eigenvalue weighted by atomic mass is 32.2. The molecule has 0 fully saturated rings. The van der Waals surface area contributed by atoms with Crippen LogP contribution in [0.4, 0.5) is 5.69 Å². The topological polar surface area (TPSA) is 46.9 Å². The summed E-state index contributed by atoms with van der Waals surface area (Å²) in [6.07, 6.45) is 0.882. The number of aryl methyl sites for hydroxylation is 2. The van der Waals surface area contributed by atoms with E-state index in [1.807, 2.05) is 55.5 Å². The first-order chi connectivity index (χ1) is 12.6. The molecule has 1 amide bonds. The Labute approximate surface area is 166 Å². The maximum absolute atomic E-state index is 12.4. The number of para-hydroxylation sites is 2. The van der Waals surface area contributed by atoms with Crippen molar-refractivity contribution in [2.75, 3.05) is 11.1 Å². The van der Waals surface area contributed by atoms with Crippen molar-refractivity contribution in [2.45, 2.75) is 24.6 Å². The predicted molar refractivity (Wildman–Crippen MR) is 112 cm³/mol. The third-order valence-electron chi connectivity index (χ3n) is 3.86. The van der Waals surface area contributed by atoms with Crippen molar-refractivity contribution in [1.29, 1.82) is 0 Å². The van der Waals surface area contributed by atoms with E-state index in [9.17, 15) is 4.79 Å². The highest BCUT2D eigenvalue weighted by Crippen LogP contribution is 2.25. The van der Waals surface area contributed by atoms with Gasteiger partial charge < -0.3 is 5.32 Å². The van der Waals surface area contributed by atoms with E-state index >= 15 is 0 Å². The summed E-state index contributed by atoms with van der Waals surface area (Å²) in [6.45, 7) is 4.09. The van der Waals surface area contributed by atoms with E-state index in [2.05, 4.69) is 17.3 Å². The Morgan fingerprint density at radius 1 is 1.23 bits per heavy atom. The molecule has 1 N–H and O–H groups in total. The van der Waals surface area contributed by atoms with E-state index in [0.29, 0.717) is 9.71 Å². The molecule has 2 aromatic carbocycles. The molecule has 0 bridgehead atoms. The van der Waals surface area contributed by atoms with Gasteiger partial charge in [-0.2, -0.15) is 0 Å². The molecular weight excluding hydrogens is 382 g/mol. The lowest BCUT2D eigenvalue weighted by atomic mass is 10.1. The molecule has 3 rings (SSSR count). The van der Waals surface area contributed by atoms with Crippen molar-refractivity contribution in [3.8, 4) is 5.69 Å². The number of carbonyl (C=O) groups is 1. The van der Waals surface area contributed by atoms with E-state index in [4.69, 9.17) is 12.2 Å². The van der Waals surface area contributed by atoms with Crippen LogP contribution < -0.4 is 5.32 Å². The van der Waals surface area contributed by atoms with Crippen molar-refractivity contribution >= 4 is 46.9 Å². The van der Waals surface area contributed by atoms with Gasteiger partial charge in [0.2, 0.25) is 5.91 Å². The molecule has 0 spiro atoms. The smallest absolute Gasteiger partial charge is 0.234 e. The van der Waals surface area contributed by atoms with Crippen molar-refractivity contribution in [3.63, 3.8) is 0 Å². The fourth-order valence-corrected chi connectivity index (χ4v) is 4.72. The average Bonchev–Trinajstić information content (AvgIpc) is 3.03. The Morgan fingerprint density at radius 3 is 2.73 bits per heavy atom. The number of aromatic nitrogens is 2. The monoisotopic (exact) mass is 401 g/mol. The van der Waals surface area contributed by atoms with Crippen LogP contribution in [-0.2, 0) is 11.2 Å². The second-order valence-corrected chi connectivity index (χ2v) is 8.53. The average molecular weight is 402 g/mol. The molecule has 4 nitrogen and oxygen atoms in total. The number of thioether (sulfide) groups is 1. The summed E-state index contributed by atoms with van der Waals surface area (Å²) in [5.74, 6) is 0.264. The van der Waals surface area contributed by atoms with E-state index in [1.54, 1.807) is 4.68 Å². The van der Waals surface area contributed by atoms with Crippen LogP contribution in [-0.4, -0.2) is 21.4 Å². The Balaban J connectivity index is 1.67. The fourth-order valence-electron chi connectivity index (χ4n) is 2.56. The van der Waals surface area contributed by atoms with Gasteiger partial charge in [0.1, 0.15) is 0 Å². The largest absolute Gasteiger partial charge is 0.325 e. The van der Waals surface area contributed by atoms with Gasteiger partial charge in [-0.05, 0) is 48.8 Å². The Bertz CT molecular complexity index is 964. The van der Waals surface area contributed by atoms with E-state index in [-0.39, 0.29) is 5.91 Å². The molecule has 0 aliphatic carbocycles. The molecule has 0 radical (unpaired) electrons. The minimum atomic E-state index is -0.0358. The second-order valence-electron chi connectivity index (χ2n) is 5.68. The third-order valence-corrected chi connectivity index (χ3v) is 6.23. The first kappa shape index (κ1) is 18.8. The van der Waals surface area contributed by atoms with Gasteiger partial charge in [0, 0.05) is 5.69 Å². The minimum Gasteiger partial charge on any atom is -0.325 e. The summed E-state index contributed by atoms with van der Waals surface area (Å²) in [6, 6.07) is 15.8. The Morgan fingerprint density at radius 2 is 2.00 bits per heavy atom. The number of rotatable bonds is 6. The molecule has 0 aliphatic rings. The highest BCUT2D eigenvalue weighted by molar-refractivity contribution is 8.01. The van der Waals surface area contributed by atoms with Crippen molar-refractivity contribution in [3.05, 3.63) is 63.6 Å². The number of nitrogens with one attached hydrogen (secondary N) is 1. The number of hydrogen-bond donors (Lipinski definition) is 1. The van der Waals surface area contributed by atoms with Gasteiger partial charge in [0.25, 0.3) is 0 Å². The number of hydrogen-bond acceptors (Lipinski definition) is 5. The third kappa shape index (κ3) is 4.41. The van der Waals surface area contributed by atoms with Gasteiger partial charge in [-0.15, -0.1) is 5.10 Å². The zero-order valence-electron chi connectivity index (χ0n) is 14.6. The molecule has 1 aromatic heterocycles. The summed E-state index contributed by atoms with van der Waals surface area (Å²) < 4.78 is 3.19. The minimum absolute atomic E-state index is 0.0358. The molecule has 0 saturated carbocycles. The van der Waals surface area contributed by atoms with Crippen LogP contribution in [0.15, 0.2) is 52.9 Å². The molecule has 0 unspecified atom stereocenters. The summed E-state index contributed by atoms with van der Waals surface area (Å²) in [5, 5.41) is 7.56. The number of benzene rings is 2. The molecular formula is C19H19N3OS3. The predicted octanol–water partition coefficient (Wildman–Crippen LogP) is 5.26. The second kappa shape index (κ2) is 8.62. The van der Waals surface area contributed by atoms with E-state index in [1.165, 1.54) is 23.1 Å². The van der Waals surface area contributed by atoms with Crippen molar-refractivity contribution < 1.29 is 4.79 Å². The summed E-state index contributed by atoms with van der Waals surface area (Å²) >= 11 is 8.22. The van der Waals surface area contributed by atoms with Gasteiger partial charge >= 0.3 is 0 Å². The number of amides is 1. The van der Waals surface area contributed by atoms with Gasteiger partial charge in [-0.3, -0.25) is 4.79 Å². The molecule has 1 heterocycles. The molecule has 0 atom stereocenters. The zero-order valence-corrected chi connectivity index (χ0v) is 17.0. The van der Waals surface area contributed by atoms with Crippen LogP contribution in [0.1, 0.15) is 18.1 Å². The highest BCUT2D eigenvalue weighted by Gasteiger charge is 2.12. The van der Waals surface area contributed by atoms with Crippen molar-refractivity contribution in [1.82, 2.24) is 9.78 Å². The maximum Gasteiger partial charge on any atom is 0.234 e. The molecule has 26 heavy (non-hydrogen) atoms. The number of anilines is 1. The van der Waals surface area contributed by atoms with Crippen LogP contribution in [0.3, 0.4) is 0 Å². The molecule has 0 aliphatic heterocycles. The molecule has 0 saturated heterocycles. The van der Waals surface area contributed by atoms with Crippen LogP contribution in [0.5, 0.6) is 0 Å².